The third-order valence-corrected chi connectivity index (χ3v) is 5.64. The Morgan fingerprint density at radius 3 is 2.79 bits per heavy atom. The van der Waals surface area contributed by atoms with Gasteiger partial charge in [-0.25, -0.2) is 4.98 Å². The second kappa shape index (κ2) is 8.74. The van der Waals surface area contributed by atoms with Crippen LogP contribution in [0.5, 0.6) is 0 Å². The predicted molar refractivity (Wildman–Crippen MR) is 116 cm³/mol. The summed E-state index contributed by atoms with van der Waals surface area (Å²) < 4.78 is 2.03. The van der Waals surface area contributed by atoms with Crippen molar-refractivity contribution in [3.63, 3.8) is 0 Å². The molecule has 0 spiro atoms. The summed E-state index contributed by atoms with van der Waals surface area (Å²) in [5, 5.41) is 7.92. The normalized spacial score (nSPS) is 17.4. The minimum absolute atomic E-state index is 0.483. The summed E-state index contributed by atoms with van der Waals surface area (Å²) in [5.41, 5.74) is 5.64. The van der Waals surface area contributed by atoms with Gasteiger partial charge in [0.1, 0.15) is 5.82 Å². The van der Waals surface area contributed by atoms with Crippen molar-refractivity contribution in [1.82, 2.24) is 24.6 Å². The number of anilines is 2. The lowest BCUT2D eigenvalue weighted by atomic mass is 9.94. The van der Waals surface area contributed by atoms with Gasteiger partial charge in [-0.05, 0) is 64.4 Å². The Kier molecular flexibility index (Phi) is 5.90. The lowest BCUT2D eigenvalue weighted by Crippen LogP contribution is -2.34. The van der Waals surface area contributed by atoms with E-state index in [0.29, 0.717) is 5.92 Å². The van der Waals surface area contributed by atoms with E-state index in [1.54, 1.807) is 0 Å². The first-order valence-corrected chi connectivity index (χ1v) is 10.5. The van der Waals surface area contributed by atoms with Crippen LogP contribution in [0.4, 0.5) is 11.5 Å². The summed E-state index contributed by atoms with van der Waals surface area (Å²) in [5.74, 6) is 1.34. The van der Waals surface area contributed by atoms with Crippen molar-refractivity contribution in [1.29, 1.82) is 0 Å². The highest BCUT2D eigenvalue weighted by Gasteiger charge is 2.23. The van der Waals surface area contributed by atoms with Gasteiger partial charge in [-0.15, -0.1) is 0 Å². The Bertz CT molecular complexity index is 946. The van der Waals surface area contributed by atoms with Crippen molar-refractivity contribution in [2.45, 2.75) is 52.6 Å². The molecule has 1 aliphatic rings. The number of nitrogens with zero attached hydrogens (tertiary/aromatic N) is 5. The van der Waals surface area contributed by atoms with Crippen LogP contribution in [0.15, 0.2) is 42.7 Å². The predicted octanol–water partition coefficient (Wildman–Crippen LogP) is 4.43. The zero-order chi connectivity index (χ0) is 20.2. The zero-order valence-electron chi connectivity index (χ0n) is 17.6. The molecule has 0 aliphatic carbocycles. The Balaban J connectivity index is 1.39. The highest BCUT2D eigenvalue weighted by molar-refractivity contribution is 5.55. The fourth-order valence-electron chi connectivity index (χ4n) is 4.04. The Morgan fingerprint density at radius 1 is 1.17 bits per heavy atom. The van der Waals surface area contributed by atoms with Crippen molar-refractivity contribution in [3.05, 3.63) is 65.4 Å². The maximum atomic E-state index is 4.76. The lowest BCUT2D eigenvalue weighted by Gasteiger charge is -2.32. The molecule has 4 heterocycles. The molecule has 6 nitrogen and oxygen atoms in total. The van der Waals surface area contributed by atoms with E-state index >= 15 is 0 Å². The average Bonchev–Trinajstić information content (AvgIpc) is 3.08. The topological polar surface area (TPSA) is 58.9 Å². The summed E-state index contributed by atoms with van der Waals surface area (Å²) in [6.45, 7) is 10.3. The summed E-state index contributed by atoms with van der Waals surface area (Å²) in [6, 6.07) is 10.3. The highest BCUT2D eigenvalue weighted by Crippen LogP contribution is 2.28. The third-order valence-electron chi connectivity index (χ3n) is 5.64. The van der Waals surface area contributed by atoms with Gasteiger partial charge in [-0.2, -0.15) is 5.10 Å². The van der Waals surface area contributed by atoms with Crippen LogP contribution in [0.25, 0.3) is 0 Å². The van der Waals surface area contributed by atoms with Gasteiger partial charge < -0.3 is 5.32 Å². The maximum absolute atomic E-state index is 4.76. The molecular weight excluding hydrogens is 360 g/mol. The van der Waals surface area contributed by atoms with Gasteiger partial charge >= 0.3 is 0 Å². The first-order valence-electron chi connectivity index (χ1n) is 10.5. The molecule has 0 aromatic carbocycles. The van der Waals surface area contributed by atoms with Gasteiger partial charge in [0, 0.05) is 48.7 Å². The summed E-state index contributed by atoms with van der Waals surface area (Å²) in [7, 11) is 0. The van der Waals surface area contributed by atoms with Gasteiger partial charge in [-0.1, -0.05) is 6.07 Å². The molecule has 1 saturated heterocycles. The number of aromatic nitrogens is 4. The van der Waals surface area contributed by atoms with Crippen LogP contribution in [-0.4, -0.2) is 37.7 Å². The van der Waals surface area contributed by atoms with Gasteiger partial charge in [0.25, 0.3) is 0 Å². The van der Waals surface area contributed by atoms with Crippen molar-refractivity contribution in [2.75, 3.05) is 18.4 Å². The van der Waals surface area contributed by atoms with E-state index in [2.05, 4.69) is 52.5 Å². The molecule has 1 aliphatic heterocycles. The quantitative estimate of drug-likeness (QED) is 0.675. The van der Waals surface area contributed by atoms with E-state index in [4.69, 9.17) is 4.98 Å². The molecule has 0 bridgehead atoms. The monoisotopic (exact) mass is 390 g/mol. The minimum atomic E-state index is 0.483. The fourth-order valence-corrected chi connectivity index (χ4v) is 4.04. The first-order chi connectivity index (χ1) is 14.1. The van der Waals surface area contributed by atoms with Crippen molar-refractivity contribution in [3.8, 4) is 0 Å². The highest BCUT2D eigenvalue weighted by atomic mass is 15.3. The van der Waals surface area contributed by atoms with Gasteiger partial charge in [0.15, 0.2) is 0 Å². The molecule has 6 heteroatoms. The molecular formula is C23H30N6. The molecule has 1 N–H and O–H groups in total. The number of pyridine rings is 2. The molecule has 3 aromatic rings. The van der Waals surface area contributed by atoms with Crippen LogP contribution in [0.2, 0.25) is 0 Å². The van der Waals surface area contributed by atoms with E-state index < -0.39 is 0 Å². The molecule has 29 heavy (non-hydrogen) atoms. The standard InChI is InChI=1S/C23H30N6/c1-4-29-16-20(18(3)27-29)15-28-12-6-8-19(14-28)22-11-10-21(13-24-22)26-23-9-5-7-17(2)25-23/h5,7,9-11,13,16,19H,4,6,8,12,14-15H2,1-3H3,(H,25,26). The zero-order valence-corrected chi connectivity index (χ0v) is 17.6. The molecule has 1 unspecified atom stereocenters. The van der Waals surface area contributed by atoms with Crippen molar-refractivity contribution < 1.29 is 0 Å². The fraction of sp³-hybridized carbons (Fsp3) is 0.435. The lowest BCUT2D eigenvalue weighted by molar-refractivity contribution is 0.198. The molecule has 0 amide bonds. The first kappa shape index (κ1) is 19.6. The summed E-state index contributed by atoms with van der Waals surface area (Å²) in [4.78, 5) is 11.8. The number of aryl methyl sites for hydroxylation is 3. The van der Waals surface area contributed by atoms with Crippen LogP contribution in [0, 0.1) is 13.8 Å². The van der Waals surface area contributed by atoms with Gasteiger partial charge in [0.2, 0.25) is 0 Å². The second-order valence-electron chi connectivity index (χ2n) is 7.93. The molecule has 4 rings (SSSR count). The largest absolute Gasteiger partial charge is 0.339 e. The Labute approximate surface area is 173 Å². The van der Waals surface area contributed by atoms with E-state index in [9.17, 15) is 0 Å². The van der Waals surface area contributed by atoms with E-state index in [1.807, 2.05) is 36.0 Å². The van der Waals surface area contributed by atoms with Crippen molar-refractivity contribution >= 4 is 11.5 Å². The summed E-state index contributed by atoms with van der Waals surface area (Å²) >= 11 is 0. The number of likely N-dealkylation sites (tertiary alicyclic amines) is 1. The molecule has 1 atom stereocenters. The number of hydrogen-bond acceptors (Lipinski definition) is 5. The van der Waals surface area contributed by atoms with Gasteiger partial charge in [0.05, 0.1) is 17.6 Å². The maximum Gasteiger partial charge on any atom is 0.130 e. The molecule has 1 fully saturated rings. The van der Waals surface area contributed by atoms with Gasteiger partial charge in [-0.3, -0.25) is 14.6 Å². The molecule has 3 aromatic heterocycles. The smallest absolute Gasteiger partial charge is 0.130 e. The Morgan fingerprint density at radius 2 is 2.07 bits per heavy atom. The van der Waals surface area contributed by atoms with Crippen LogP contribution in [0.3, 0.4) is 0 Å². The number of hydrogen-bond donors (Lipinski definition) is 1. The third kappa shape index (κ3) is 4.82. The SMILES string of the molecule is CCn1cc(CN2CCCC(c3ccc(Nc4cccc(C)n4)cn3)C2)c(C)n1. The second-order valence-corrected chi connectivity index (χ2v) is 7.93. The van der Waals surface area contributed by atoms with Crippen LogP contribution in [0.1, 0.15) is 48.3 Å². The van der Waals surface area contributed by atoms with E-state index in [0.717, 1.165) is 49.1 Å². The molecule has 0 saturated carbocycles. The van der Waals surface area contributed by atoms with Crippen LogP contribution < -0.4 is 5.32 Å². The van der Waals surface area contributed by atoms with Crippen LogP contribution in [-0.2, 0) is 13.1 Å². The van der Waals surface area contributed by atoms with E-state index in [1.165, 1.54) is 24.1 Å². The van der Waals surface area contributed by atoms with Crippen molar-refractivity contribution in [2.24, 2.45) is 0 Å². The Hall–Kier alpha value is -2.73. The van der Waals surface area contributed by atoms with E-state index in [-0.39, 0.29) is 0 Å². The average molecular weight is 391 g/mol. The van der Waals surface area contributed by atoms with Crippen LogP contribution >= 0.6 is 0 Å². The molecule has 0 radical (unpaired) electrons. The number of nitrogens with one attached hydrogen (secondary N) is 1. The number of piperidine rings is 1. The number of rotatable bonds is 6. The minimum Gasteiger partial charge on any atom is -0.339 e. The molecule has 152 valence electrons. The summed E-state index contributed by atoms with van der Waals surface area (Å²) in [6.07, 6.45) is 6.52.